The molecule has 0 spiro atoms. The number of likely N-dealkylation sites (tertiary alicyclic amines) is 1. The summed E-state index contributed by atoms with van der Waals surface area (Å²) >= 11 is 12.6. The SMILES string of the molecule is CC(=O)C1CCN(C2=NC(Cc3ccccc3Cl)C(=O)Nc3ccc(Cl)cc32)CC1. The van der Waals surface area contributed by atoms with Crippen molar-refractivity contribution in [3.8, 4) is 0 Å². The van der Waals surface area contributed by atoms with E-state index in [-0.39, 0.29) is 17.6 Å². The zero-order valence-corrected chi connectivity index (χ0v) is 18.2. The van der Waals surface area contributed by atoms with Gasteiger partial charge in [-0.25, -0.2) is 0 Å². The van der Waals surface area contributed by atoms with Crippen molar-refractivity contribution in [2.24, 2.45) is 10.9 Å². The molecule has 0 aromatic heterocycles. The summed E-state index contributed by atoms with van der Waals surface area (Å²) in [5.41, 5.74) is 2.37. The Hall–Kier alpha value is -2.37. The van der Waals surface area contributed by atoms with Crippen LogP contribution in [0.15, 0.2) is 47.5 Å². The van der Waals surface area contributed by atoms with E-state index in [1.54, 1.807) is 13.0 Å². The monoisotopic (exact) mass is 443 g/mol. The van der Waals surface area contributed by atoms with E-state index in [1.807, 2.05) is 36.4 Å². The largest absolute Gasteiger partial charge is 0.356 e. The first-order valence-corrected chi connectivity index (χ1v) is 10.9. The predicted octanol–water partition coefficient (Wildman–Crippen LogP) is 4.60. The molecule has 1 fully saturated rings. The van der Waals surface area contributed by atoms with Gasteiger partial charge in [0.2, 0.25) is 5.91 Å². The lowest BCUT2D eigenvalue weighted by molar-refractivity contribution is -0.121. The first-order chi connectivity index (χ1) is 14.4. The van der Waals surface area contributed by atoms with Crippen molar-refractivity contribution in [1.29, 1.82) is 0 Å². The fourth-order valence-electron chi connectivity index (χ4n) is 4.06. The Bertz CT molecular complexity index is 1010. The van der Waals surface area contributed by atoms with E-state index in [0.717, 1.165) is 29.8 Å². The highest BCUT2D eigenvalue weighted by molar-refractivity contribution is 6.31. The Morgan fingerprint density at radius 1 is 1.17 bits per heavy atom. The average Bonchev–Trinajstić information content (AvgIpc) is 2.86. The molecule has 1 N–H and O–H groups in total. The number of benzene rings is 2. The number of rotatable bonds is 3. The molecule has 4 rings (SSSR count). The molecule has 1 amide bonds. The number of Topliss-reactive ketones (excluding diaryl/α,β-unsaturated/α-hetero) is 1. The summed E-state index contributed by atoms with van der Waals surface area (Å²) < 4.78 is 0. The number of hydrogen-bond acceptors (Lipinski definition) is 4. The number of nitrogens with one attached hydrogen (secondary N) is 1. The minimum absolute atomic E-state index is 0.0881. The lowest BCUT2D eigenvalue weighted by Gasteiger charge is -2.33. The molecule has 2 aliphatic heterocycles. The molecule has 1 atom stereocenters. The first-order valence-electron chi connectivity index (χ1n) is 10.1. The molecule has 2 aliphatic rings. The van der Waals surface area contributed by atoms with Gasteiger partial charge in [-0.3, -0.25) is 14.6 Å². The smallest absolute Gasteiger partial charge is 0.249 e. The second-order valence-corrected chi connectivity index (χ2v) is 8.66. The molecule has 0 radical (unpaired) electrons. The van der Waals surface area contributed by atoms with Gasteiger partial charge in [0, 0.05) is 41.0 Å². The zero-order valence-electron chi connectivity index (χ0n) is 16.7. The van der Waals surface area contributed by atoms with Crippen LogP contribution in [0.5, 0.6) is 0 Å². The molecule has 1 unspecified atom stereocenters. The van der Waals surface area contributed by atoms with Crippen LogP contribution in [-0.2, 0) is 16.0 Å². The normalized spacial score (nSPS) is 19.6. The number of fused-ring (bicyclic) bond motifs is 1. The molecule has 2 aromatic rings. The van der Waals surface area contributed by atoms with Crippen LogP contribution >= 0.6 is 23.2 Å². The van der Waals surface area contributed by atoms with Crippen molar-refractivity contribution in [2.75, 3.05) is 18.4 Å². The Balaban J connectivity index is 1.70. The van der Waals surface area contributed by atoms with Crippen molar-refractivity contribution >= 4 is 46.4 Å². The zero-order chi connectivity index (χ0) is 21.3. The third-order valence-corrected chi connectivity index (χ3v) is 6.41. The van der Waals surface area contributed by atoms with Crippen LogP contribution in [0.3, 0.4) is 0 Å². The number of carbonyl (C=O) groups excluding carboxylic acids is 2. The van der Waals surface area contributed by atoms with E-state index in [9.17, 15) is 9.59 Å². The number of carbonyl (C=O) groups is 2. The Morgan fingerprint density at radius 3 is 2.60 bits per heavy atom. The van der Waals surface area contributed by atoms with Gasteiger partial charge < -0.3 is 10.2 Å². The topological polar surface area (TPSA) is 61.8 Å². The molecule has 0 saturated carbocycles. The van der Waals surface area contributed by atoms with Gasteiger partial charge in [-0.05, 0) is 49.6 Å². The summed E-state index contributed by atoms with van der Waals surface area (Å²) in [5.74, 6) is 0.886. The van der Waals surface area contributed by atoms with Gasteiger partial charge in [0.1, 0.15) is 17.7 Å². The van der Waals surface area contributed by atoms with Crippen LogP contribution < -0.4 is 5.32 Å². The maximum Gasteiger partial charge on any atom is 0.249 e. The van der Waals surface area contributed by atoms with Gasteiger partial charge >= 0.3 is 0 Å². The van der Waals surface area contributed by atoms with Crippen molar-refractivity contribution < 1.29 is 9.59 Å². The first kappa shape index (κ1) is 20.9. The van der Waals surface area contributed by atoms with Crippen LogP contribution in [0.4, 0.5) is 5.69 Å². The molecular formula is C23H23Cl2N3O2. The summed E-state index contributed by atoms with van der Waals surface area (Å²) in [6.45, 7) is 3.07. The highest BCUT2D eigenvalue weighted by Crippen LogP contribution is 2.29. The van der Waals surface area contributed by atoms with Crippen LogP contribution in [0, 0.1) is 5.92 Å². The van der Waals surface area contributed by atoms with Gasteiger partial charge in [-0.2, -0.15) is 0 Å². The second-order valence-electron chi connectivity index (χ2n) is 7.82. The third kappa shape index (κ3) is 4.37. The van der Waals surface area contributed by atoms with Crippen LogP contribution in [-0.4, -0.2) is 41.6 Å². The number of piperidine rings is 1. The molecule has 2 aromatic carbocycles. The van der Waals surface area contributed by atoms with Crippen molar-refractivity contribution in [1.82, 2.24) is 4.90 Å². The summed E-state index contributed by atoms with van der Waals surface area (Å²) in [4.78, 5) is 31.8. The minimum Gasteiger partial charge on any atom is -0.356 e. The predicted molar refractivity (Wildman–Crippen MR) is 121 cm³/mol. The third-order valence-electron chi connectivity index (χ3n) is 5.80. The molecule has 0 bridgehead atoms. The standard InChI is InChI=1S/C23H23Cl2N3O2/c1-14(29)15-8-10-28(11-9-15)22-18-13-17(24)6-7-20(18)27-23(30)21(26-22)12-16-4-2-3-5-19(16)25/h2-7,13,15,21H,8-12H2,1H3,(H,27,30). The molecule has 30 heavy (non-hydrogen) atoms. The molecule has 156 valence electrons. The Morgan fingerprint density at radius 2 is 1.90 bits per heavy atom. The van der Waals surface area contributed by atoms with Gasteiger partial charge in [0.15, 0.2) is 0 Å². The van der Waals surface area contributed by atoms with Crippen molar-refractivity contribution in [2.45, 2.75) is 32.2 Å². The maximum atomic E-state index is 13.0. The quantitative estimate of drug-likeness (QED) is 0.753. The fourth-order valence-corrected chi connectivity index (χ4v) is 4.45. The number of aliphatic imine (C=N–C) groups is 1. The van der Waals surface area contributed by atoms with E-state index in [0.29, 0.717) is 35.2 Å². The van der Waals surface area contributed by atoms with Gasteiger partial charge in [-0.15, -0.1) is 0 Å². The van der Waals surface area contributed by atoms with E-state index in [4.69, 9.17) is 28.2 Å². The molecule has 2 heterocycles. The van der Waals surface area contributed by atoms with E-state index in [2.05, 4.69) is 10.2 Å². The van der Waals surface area contributed by atoms with Crippen LogP contribution in [0.2, 0.25) is 10.0 Å². The second kappa shape index (κ2) is 8.78. The molecule has 7 heteroatoms. The number of ketones is 1. The molecule has 5 nitrogen and oxygen atoms in total. The summed E-state index contributed by atoms with van der Waals surface area (Å²) in [6.07, 6.45) is 1.96. The van der Waals surface area contributed by atoms with E-state index < -0.39 is 6.04 Å². The lowest BCUT2D eigenvalue weighted by atomic mass is 9.93. The number of amides is 1. The van der Waals surface area contributed by atoms with Crippen molar-refractivity contribution in [3.05, 3.63) is 63.6 Å². The van der Waals surface area contributed by atoms with Gasteiger partial charge in [0.05, 0.1) is 5.69 Å². The molecular weight excluding hydrogens is 421 g/mol. The van der Waals surface area contributed by atoms with E-state index >= 15 is 0 Å². The Labute approximate surface area is 186 Å². The summed E-state index contributed by atoms with van der Waals surface area (Å²) in [5, 5.41) is 4.20. The number of halogens is 2. The number of hydrogen-bond donors (Lipinski definition) is 1. The van der Waals surface area contributed by atoms with Gasteiger partial charge in [0.25, 0.3) is 0 Å². The lowest BCUT2D eigenvalue weighted by Crippen LogP contribution is -2.41. The summed E-state index contributed by atoms with van der Waals surface area (Å²) in [7, 11) is 0. The van der Waals surface area contributed by atoms with Crippen molar-refractivity contribution in [3.63, 3.8) is 0 Å². The fraction of sp³-hybridized carbons (Fsp3) is 0.348. The van der Waals surface area contributed by atoms with Crippen LogP contribution in [0.1, 0.15) is 30.9 Å². The average molecular weight is 444 g/mol. The summed E-state index contributed by atoms with van der Waals surface area (Å²) in [6, 6.07) is 12.3. The number of anilines is 1. The van der Waals surface area contributed by atoms with Gasteiger partial charge in [-0.1, -0.05) is 41.4 Å². The minimum atomic E-state index is -0.614. The maximum absolute atomic E-state index is 13.0. The number of benzodiazepines with no additional fused rings is 1. The molecule has 1 saturated heterocycles. The van der Waals surface area contributed by atoms with E-state index in [1.165, 1.54) is 0 Å². The highest BCUT2D eigenvalue weighted by Gasteiger charge is 2.31. The number of nitrogens with zero attached hydrogens (tertiary/aromatic N) is 2. The number of amidine groups is 1. The van der Waals surface area contributed by atoms with Crippen LogP contribution in [0.25, 0.3) is 0 Å². The molecule has 0 aliphatic carbocycles. The highest BCUT2D eigenvalue weighted by atomic mass is 35.5. The Kier molecular flexibility index (Phi) is 6.11.